The van der Waals surface area contributed by atoms with Crippen molar-refractivity contribution in [2.24, 2.45) is 0 Å². The Balaban J connectivity index is 1.51. The molecule has 2 aromatic carbocycles. The van der Waals surface area contributed by atoms with Gasteiger partial charge in [0.15, 0.2) is 0 Å². The molecule has 2 aliphatic heterocycles. The molecule has 0 radical (unpaired) electrons. The standard InChI is InChI=1S/C25H23N3O8/c1-3-34-16-8-6-15(7-9-16)28-21(29)17-10-5-14(11-18(17)22(28)30)23(31)36-13-20-19(24(32)35-4-2)12-26-25(33)27-20/h5-11H,3-4,12-13H2,1-2H3,(H2,26,27,33). The van der Waals surface area contributed by atoms with Crippen LogP contribution in [0.1, 0.15) is 44.9 Å². The van der Waals surface area contributed by atoms with Gasteiger partial charge in [0.05, 0.1) is 53.4 Å². The fourth-order valence-corrected chi connectivity index (χ4v) is 3.75. The van der Waals surface area contributed by atoms with E-state index >= 15 is 0 Å². The number of carbonyl (C=O) groups is 5. The molecule has 2 aliphatic rings. The quantitative estimate of drug-likeness (QED) is 0.421. The molecule has 0 spiro atoms. The second-order valence-corrected chi connectivity index (χ2v) is 7.69. The number of esters is 2. The van der Waals surface area contributed by atoms with E-state index in [0.717, 1.165) is 4.90 Å². The van der Waals surface area contributed by atoms with Gasteiger partial charge in [-0.2, -0.15) is 0 Å². The van der Waals surface area contributed by atoms with E-state index in [9.17, 15) is 24.0 Å². The zero-order valence-electron chi connectivity index (χ0n) is 19.6. The molecule has 11 nitrogen and oxygen atoms in total. The molecule has 0 atom stereocenters. The number of nitrogens with zero attached hydrogens (tertiary/aromatic N) is 1. The highest BCUT2D eigenvalue weighted by Crippen LogP contribution is 2.30. The van der Waals surface area contributed by atoms with Crippen LogP contribution in [0.25, 0.3) is 0 Å². The largest absolute Gasteiger partial charge is 0.494 e. The van der Waals surface area contributed by atoms with Gasteiger partial charge in [0, 0.05) is 0 Å². The number of urea groups is 1. The van der Waals surface area contributed by atoms with Crippen molar-refractivity contribution in [2.75, 3.05) is 31.3 Å². The van der Waals surface area contributed by atoms with Crippen molar-refractivity contribution in [1.82, 2.24) is 10.6 Å². The number of imide groups is 1. The summed E-state index contributed by atoms with van der Waals surface area (Å²) < 4.78 is 15.6. The number of anilines is 1. The molecular formula is C25H23N3O8. The molecule has 0 unspecified atom stereocenters. The summed E-state index contributed by atoms with van der Waals surface area (Å²) in [5.74, 6) is -1.94. The van der Waals surface area contributed by atoms with Crippen LogP contribution in [0.3, 0.4) is 0 Å². The molecule has 2 heterocycles. The number of carbonyl (C=O) groups excluding carboxylic acids is 5. The van der Waals surface area contributed by atoms with Gasteiger partial charge >= 0.3 is 18.0 Å². The first kappa shape index (κ1) is 24.5. The third-order valence-electron chi connectivity index (χ3n) is 5.45. The Kier molecular flexibility index (Phi) is 7.00. The van der Waals surface area contributed by atoms with Gasteiger partial charge in [0.1, 0.15) is 12.4 Å². The molecule has 0 bridgehead atoms. The maximum atomic E-state index is 13.0. The number of rotatable bonds is 8. The van der Waals surface area contributed by atoms with Crippen LogP contribution in [-0.2, 0) is 14.3 Å². The molecular weight excluding hydrogens is 470 g/mol. The van der Waals surface area contributed by atoms with Crippen molar-refractivity contribution in [3.8, 4) is 5.75 Å². The molecule has 2 N–H and O–H groups in total. The Morgan fingerprint density at radius 1 is 0.889 bits per heavy atom. The minimum absolute atomic E-state index is 0.0296. The predicted octanol–water partition coefficient (Wildman–Crippen LogP) is 2.17. The van der Waals surface area contributed by atoms with Crippen LogP contribution in [0.15, 0.2) is 53.7 Å². The molecule has 0 fully saturated rings. The van der Waals surface area contributed by atoms with E-state index in [4.69, 9.17) is 14.2 Å². The zero-order chi connectivity index (χ0) is 25.8. The second-order valence-electron chi connectivity index (χ2n) is 7.69. The Hall–Kier alpha value is -4.67. The lowest BCUT2D eigenvalue weighted by atomic mass is 10.1. The normalized spacial score (nSPS) is 14.7. The maximum Gasteiger partial charge on any atom is 0.338 e. The molecule has 0 aromatic heterocycles. The van der Waals surface area contributed by atoms with Crippen LogP contribution in [0.5, 0.6) is 5.75 Å². The molecule has 0 saturated heterocycles. The fourth-order valence-electron chi connectivity index (χ4n) is 3.75. The number of fused-ring (bicyclic) bond motifs is 1. The SMILES string of the molecule is CCOC(=O)C1=C(COC(=O)c2ccc3c(c2)C(=O)N(c2ccc(OCC)cc2)C3=O)NC(=O)NC1. The van der Waals surface area contributed by atoms with Crippen molar-refractivity contribution in [3.63, 3.8) is 0 Å². The number of amides is 4. The van der Waals surface area contributed by atoms with Gasteiger partial charge < -0.3 is 24.8 Å². The van der Waals surface area contributed by atoms with Gasteiger partial charge in [-0.15, -0.1) is 0 Å². The highest BCUT2D eigenvalue weighted by atomic mass is 16.5. The number of hydrogen-bond acceptors (Lipinski definition) is 8. The monoisotopic (exact) mass is 493 g/mol. The van der Waals surface area contributed by atoms with Crippen LogP contribution >= 0.6 is 0 Å². The highest BCUT2D eigenvalue weighted by molar-refractivity contribution is 6.34. The third kappa shape index (κ3) is 4.76. The fraction of sp³-hybridized carbons (Fsp3) is 0.240. The highest BCUT2D eigenvalue weighted by Gasteiger charge is 2.37. The summed E-state index contributed by atoms with van der Waals surface area (Å²) in [7, 11) is 0. The molecule has 4 rings (SSSR count). The zero-order valence-corrected chi connectivity index (χ0v) is 19.6. The van der Waals surface area contributed by atoms with Crippen LogP contribution in [0, 0.1) is 0 Å². The minimum atomic E-state index is -0.805. The second kappa shape index (κ2) is 10.3. The summed E-state index contributed by atoms with van der Waals surface area (Å²) >= 11 is 0. The van der Waals surface area contributed by atoms with E-state index in [1.807, 2.05) is 6.92 Å². The van der Waals surface area contributed by atoms with Crippen molar-refractivity contribution in [3.05, 3.63) is 70.4 Å². The van der Waals surface area contributed by atoms with Gasteiger partial charge in [0.25, 0.3) is 11.8 Å². The molecule has 11 heteroatoms. The van der Waals surface area contributed by atoms with Crippen LogP contribution in [0.2, 0.25) is 0 Å². The van der Waals surface area contributed by atoms with Gasteiger partial charge in [-0.25, -0.2) is 19.3 Å². The van der Waals surface area contributed by atoms with Crippen molar-refractivity contribution >= 4 is 35.5 Å². The average molecular weight is 493 g/mol. The summed E-state index contributed by atoms with van der Waals surface area (Å²) in [4.78, 5) is 63.4. The van der Waals surface area contributed by atoms with E-state index in [1.165, 1.54) is 18.2 Å². The molecule has 0 aliphatic carbocycles. The Morgan fingerprint density at radius 3 is 2.31 bits per heavy atom. The topological polar surface area (TPSA) is 140 Å². The summed E-state index contributed by atoms with van der Waals surface area (Å²) in [6.07, 6.45) is 0. The lowest BCUT2D eigenvalue weighted by molar-refractivity contribution is -0.138. The number of hydrogen-bond donors (Lipinski definition) is 2. The Morgan fingerprint density at radius 2 is 1.61 bits per heavy atom. The summed E-state index contributed by atoms with van der Waals surface area (Å²) in [6.45, 7) is 3.63. The van der Waals surface area contributed by atoms with Crippen LogP contribution in [-0.4, -0.2) is 56.1 Å². The lowest BCUT2D eigenvalue weighted by Gasteiger charge is -2.21. The summed E-state index contributed by atoms with van der Waals surface area (Å²) in [5, 5.41) is 4.89. The molecule has 2 aromatic rings. The molecule has 36 heavy (non-hydrogen) atoms. The van der Waals surface area contributed by atoms with E-state index in [2.05, 4.69) is 10.6 Å². The summed E-state index contributed by atoms with van der Waals surface area (Å²) in [6, 6.07) is 10.0. The van der Waals surface area contributed by atoms with E-state index in [1.54, 1.807) is 31.2 Å². The van der Waals surface area contributed by atoms with Crippen molar-refractivity contribution in [2.45, 2.75) is 13.8 Å². The first-order valence-corrected chi connectivity index (χ1v) is 11.2. The first-order valence-electron chi connectivity index (χ1n) is 11.2. The van der Waals surface area contributed by atoms with Gasteiger partial charge in [-0.3, -0.25) is 9.59 Å². The Bertz CT molecular complexity index is 1280. The molecule has 4 amide bonds. The average Bonchev–Trinajstić information content (AvgIpc) is 3.12. The maximum absolute atomic E-state index is 13.0. The predicted molar refractivity (Wildman–Crippen MR) is 126 cm³/mol. The molecule has 186 valence electrons. The van der Waals surface area contributed by atoms with Gasteiger partial charge in [0.2, 0.25) is 0 Å². The van der Waals surface area contributed by atoms with E-state index in [0.29, 0.717) is 18.0 Å². The van der Waals surface area contributed by atoms with E-state index < -0.39 is 36.4 Å². The summed E-state index contributed by atoms with van der Waals surface area (Å²) in [5.41, 5.74) is 0.841. The smallest absolute Gasteiger partial charge is 0.338 e. The number of benzene rings is 2. The van der Waals surface area contributed by atoms with Crippen molar-refractivity contribution in [1.29, 1.82) is 0 Å². The third-order valence-corrected chi connectivity index (χ3v) is 5.45. The minimum Gasteiger partial charge on any atom is -0.494 e. The Labute approximate surface area is 206 Å². The van der Waals surface area contributed by atoms with Crippen molar-refractivity contribution < 1.29 is 38.2 Å². The first-order chi connectivity index (χ1) is 17.3. The lowest BCUT2D eigenvalue weighted by Crippen LogP contribution is -2.45. The van der Waals surface area contributed by atoms with Crippen LogP contribution < -0.4 is 20.3 Å². The van der Waals surface area contributed by atoms with Crippen LogP contribution in [0.4, 0.5) is 10.5 Å². The van der Waals surface area contributed by atoms with E-state index in [-0.39, 0.29) is 41.1 Å². The van der Waals surface area contributed by atoms with Gasteiger partial charge in [-0.1, -0.05) is 0 Å². The number of ether oxygens (including phenoxy) is 3. The number of nitrogens with one attached hydrogen (secondary N) is 2. The molecule has 0 saturated carbocycles. The van der Waals surface area contributed by atoms with Gasteiger partial charge in [-0.05, 0) is 56.3 Å².